The van der Waals surface area contributed by atoms with E-state index >= 15 is 0 Å². The van der Waals surface area contributed by atoms with Crippen molar-refractivity contribution in [2.75, 3.05) is 11.4 Å². The highest BCUT2D eigenvalue weighted by Gasteiger charge is 2.27. The average Bonchev–Trinajstić information content (AvgIpc) is 2.94. The highest BCUT2D eigenvalue weighted by Crippen LogP contribution is 2.35. The van der Waals surface area contributed by atoms with Crippen molar-refractivity contribution in [2.24, 2.45) is 0 Å². The van der Waals surface area contributed by atoms with Crippen molar-refractivity contribution in [3.8, 4) is 0 Å². The van der Waals surface area contributed by atoms with Crippen LogP contribution in [0.1, 0.15) is 48.5 Å². The minimum absolute atomic E-state index is 0.0289. The van der Waals surface area contributed by atoms with Crippen LogP contribution in [0.15, 0.2) is 12.1 Å². The first kappa shape index (κ1) is 15.3. The molecule has 6 nitrogen and oxygen atoms in total. The van der Waals surface area contributed by atoms with Crippen molar-refractivity contribution in [3.63, 3.8) is 0 Å². The van der Waals surface area contributed by atoms with E-state index in [0.717, 1.165) is 31.7 Å². The summed E-state index contributed by atoms with van der Waals surface area (Å²) in [5.74, 6) is -1.14. The van der Waals surface area contributed by atoms with Gasteiger partial charge in [0.2, 0.25) is 0 Å². The molecule has 2 rings (SSSR count). The number of aromatic carboxylic acids is 1. The fourth-order valence-corrected chi connectivity index (χ4v) is 3.14. The van der Waals surface area contributed by atoms with E-state index in [1.807, 2.05) is 6.92 Å². The zero-order valence-electron chi connectivity index (χ0n) is 12.3. The zero-order chi connectivity index (χ0) is 15.6. The zero-order valence-corrected chi connectivity index (χ0v) is 12.3. The molecule has 1 aromatic carbocycles. The number of nitrogens with zero attached hydrogens (tertiary/aromatic N) is 2. The third-order valence-electron chi connectivity index (χ3n) is 4.21. The van der Waals surface area contributed by atoms with Gasteiger partial charge in [0.25, 0.3) is 5.69 Å². The number of hydrogen-bond donors (Lipinski definition) is 1. The summed E-state index contributed by atoms with van der Waals surface area (Å²) >= 11 is 0. The maximum Gasteiger partial charge on any atom is 0.336 e. The second-order valence-electron chi connectivity index (χ2n) is 5.43. The Morgan fingerprint density at radius 1 is 1.43 bits per heavy atom. The van der Waals surface area contributed by atoms with Gasteiger partial charge < -0.3 is 10.0 Å². The van der Waals surface area contributed by atoms with E-state index in [9.17, 15) is 20.0 Å². The monoisotopic (exact) mass is 292 g/mol. The summed E-state index contributed by atoms with van der Waals surface area (Å²) in [4.78, 5) is 24.0. The topological polar surface area (TPSA) is 83.7 Å². The van der Waals surface area contributed by atoms with Crippen molar-refractivity contribution in [1.82, 2.24) is 0 Å². The standard InChI is InChI=1S/C15H20N2O4/c1-3-16(12-6-4-5-7-12)13-8-11(15(18)19)9-14(10(13)2)17(20)21/h8-9,12H,3-7H2,1-2H3,(H,18,19). The molecule has 0 radical (unpaired) electrons. The molecule has 0 saturated heterocycles. The molecule has 0 atom stereocenters. The third-order valence-corrected chi connectivity index (χ3v) is 4.21. The van der Waals surface area contributed by atoms with Crippen LogP contribution in [0.2, 0.25) is 0 Å². The molecule has 0 amide bonds. The van der Waals surface area contributed by atoms with E-state index < -0.39 is 10.9 Å². The average molecular weight is 292 g/mol. The molecule has 1 fully saturated rings. The van der Waals surface area contributed by atoms with E-state index in [1.165, 1.54) is 0 Å². The van der Waals surface area contributed by atoms with Crippen molar-refractivity contribution < 1.29 is 14.8 Å². The number of nitro groups is 1. The maximum absolute atomic E-state index is 11.2. The van der Waals surface area contributed by atoms with Crippen LogP contribution in [0.3, 0.4) is 0 Å². The molecule has 1 N–H and O–H groups in total. The fourth-order valence-electron chi connectivity index (χ4n) is 3.14. The van der Waals surface area contributed by atoms with E-state index in [4.69, 9.17) is 0 Å². The minimum Gasteiger partial charge on any atom is -0.478 e. The molecule has 0 aromatic heterocycles. The third kappa shape index (κ3) is 2.99. The Kier molecular flexibility index (Phi) is 4.45. The Hall–Kier alpha value is -2.11. The Morgan fingerprint density at radius 3 is 2.52 bits per heavy atom. The molecule has 1 saturated carbocycles. The number of carboxylic acids is 1. The molecule has 0 unspecified atom stereocenters. The van der Waals surface area contributed by atoms with Crippen LogP contribution in [-0.4, -0.2) is 28.6 Å². The minimum atomic E-state index is -1.14. The van der Waals surface area contributed by atoms with Gasteiger partial charge in [0.15, 0.2) is 0 Å². The Balaban J connectivity index is 2.54. The van der Waals surface area contributed by atoms with Gasteiger partial charge in [0.1, 0.15) is 0 Å². The SMILES string of the molecule is CCN(c1cc(C(=O)O)cc([N+](=O)[O-])c1C)C1CCCC1. The van der Waals surface area contributed by atoms with Crippen molar-refractivity contribution in [3.05, 3.63) is 33.4 Å². The first-order chi connectivity index (χ1) is 9.95. The first-order valence-corrected chi connectivity index (χ1v) is 7.24. The molecule has 6 heteroatoms. The van der Waals surface area contributed by atoms with Gasteiger partial charge in [0, 0.05) is 24.3 Å². The maximum atomic E-state index is 11.2. The number of nitro benzene ring substituents is 1. The lowest BCUT2D eigenvalue weighted by atomic mass is 10.0. The second kappa shape index (κ2) is 6.11. The van der Waals surface area contributed by atoms with Crippen molar-refractivity contribution in [2.45, 2.75) is 45.6 Å². The van der Waals surface area contributed by atoms with Gasteiger partial charge in [0.05, 0.1) is 16.1 Å². The fraction of sp³-hybridized carbons (Fsp3) is 0.533. The summed E-state index contributed by atoms with van der Waals surface area (Å²) in [6, 6.07) is 3.05. The predicted octanol–water partition coefficient (Wildman–Crippen LogP) is 3.37. The number of carboxylic acid groups (broad SMARTS) is 1. The van der Waals surface area contributed by atoms with Crippen molar-refractivity contribution >= 4 is 17.3 Å². The van der Waals surface area contributed by atoms with E-state index in [1.54, 1.807) is 13.0 Å². The van der Waals surface area contributed by atoms with E-state index in [0.29, 0.717) is 23.8 Å². The van der Waals surface area contributed by atoms with Crippen LogP contribution in [0.25, 0.3) is 0 Å². The molecule has 0 bridgehead atoms. The molecular formula is C15H20N2O4. The van der Waals surface area contributed by atoms with Gasteiger partial charge in [-0.1, -0.05) is 12.8 Å². The lowest BCUT2D eigenvalue weighted by Crippen LogP contribution is -2.33. The van der Waals surface area contributed by atoms with Gasteiger partial charge in [-0.25, -0.2) is 4.79 Å². The van der Waals surface area contributed by atoms with Gasteiger partial charge in [-0.15, -0.1) is 0 Å². The first-order valence-electron chi connectivity index (χ1n) is 7.24. The van der Waals surface area contributed by atoms with Gasteiger partial charge in [-0.05, 0) is 32.8 Å². The molecule has 1 aromatic rings. The number of carbonyl (C=O) groups is 1. The summed E-state index contributed by atoms with van der Waals surface area (Å²) in [5.41, 5.74) is 1.06. The summed E-state index contributed by atoms with van der Waals surface area (Å²) in [7, 11) is 0. The van der Waals surface area contributed by atoms with Crippen molar-refractivity contribution in [1.29, 1.82) is 0 Å². The Labute approximate surface area is 123 Å². The van der Waals surface area contributed by atoms with Crippen LogP contribution >= 0.6 is 0 Å². The largest absolute Gasteiger partial charge is 0.478 e. The van der Waals surface area contributed by atoms with Crippen LogP contribution in [-0.2, 0) is 0 Å². The highest BCUT2D eigenvalue weighted by atomic mass is 16.6. The predicted molar refractivity (Wildman–Crippen MR) is 80.1 cm³/mol. The molecule has 0 aliphatic heterocycles. The van der Waals surface area contributed by atoms with Crippen LogP contribution in [0, 0.1) is 17.0 Å². The lowest BCUT2D eigenvalue weighted by molar-refractivity contribution is -0.385. The summed E-state index contributed by atoms with van der Waals surface area (Å²) in [6.07, 6.45) is 4.42. The molecule has 0 spiro atoms. The highest BCUT2D eigenvalue weighted by molar-refractivity contribution is 5.90. The molecule has 1 aliphatic rings. The lowest BCUT2D eigenvalue weighted by Gasteiger charge is -2.31. The Bertz CT molecular complexity index is 565. The van der Waals surface area contributed by atoms with E-state index in [2.05, 4.69) is 4.90 Å². The van der Waals surface area contributed by atoms with Gasteiger partial charge >= 0.3 is 5.97 Å². The smallest absolute Gasteiger partial charge is 0.336 e. The summed E-state index contributed by atoms with van der Waals surface area (Å²) in [5, 5.41) is 20.4. The number of anilines is 1. The Morgan fingerprint density at radius 2 is 2.05 bits per heavy atom. The van der Waals surface area contributed by atoms with Crippen LogP contribution in [0.5, 0.6) is 0 Å². The number of hydrogen-bond acceptors (Lipinski definition) is 4. The number of benzene rings is 1. The second-order valence-corrected chi connectivity index (χ2v) is 5.43. The molecule has 1 aliphatic carbocycles. The quantitative estimate of drug-likeness (QED) is 0.664. The van der Waals surface area contributed by atoms with E-state index in [-0.39, 0.29) is 11.3 Å². The van der Waals surface area contributed by atoms with Crippen LogP contribution < -0.4 is 4.90 Å². The van der Waals surface area contributed by atoms with Gasteiger partial charge in [-0.2, -0.15) is 0 Å². The summed E-state index contributed by atoms with van der Waals surface area (Å²) < 4.78 is 0. The van der Waals surface area contributed by atoms with Crippen LogP contribution in [0.4, 0.5) is 11.4 Å². The summed E-state index contributed by atoms with van der Waals surface area (Å²) in [6.45, 7) is 4.40. The number of rotatable bonds is 5. The molecule has 0 heterocycles. The van der Waals surface area contributed by atoms with Gasteiger partial charge in [-0.3, -0.25) is 10.1 Å². The molecular weight excluding hydrogens is 272 g/mol. The normalized spacial score (nSPS) is 15.1. The molecule has 21 heavy (non-hydrogen) atoms. The molecule has 114 valence electrons.